The number of fused-ring (bicyclic) bond motifs is 2. The molecule has 1 saturated heterocycles. The van der Waals surface area contributed by atoms with Crippen LogP contribution in [0.1, 0.15) is 100 Å². The molecule has 0 radical (unpaired) electrons. The number of carbonyl (C=O) groups excluding carboxylic acids is 3. The van der Waals surface area contributed by atoms with Gasteiger partial charge < -0.3 is 18.9 Å². The Morgan fingerprint density at radius 3 is 2.27 bits per heavy atom. The topological polar surface area (TPSA) is 117 Å². The molecule has 2 fully saturated rings. The van der Waals surface area contributed by atoms with E-state index in [1.165, 1.54) is 12.4 Å². The van der Waals surface area contributed by atoms with Gasteiger partial charge in [-0.3, -0.25) is 14.8 Å². The van der Waals surface area contributed by atoms with Crippen molar-refractivity contribution in [3.8, 4) is 0 Å². The van der Waals surface area contributed by atoms with Crippen LogP contribution in [0.15, 0.2) is 71.8 Å². The third-order valence-corrected chi connectivity index (χ3v) is 9.56. The molecule has 0 unspecified atom stereocenters. The minimum absolute atomic E-state index is 0.00303. The van der Waals surface area contributed by atoms with Crippen LogP contribution in [0.4, 0.5) is 0 Å². The maximum absolute atomic E-state index is 13.7. The van der Waals surface area contributed by atoms with Gasteiger partial charge in [0.25, 0.3) is 0 Å². The molecule has 45 heavy (non-hydrogen) atoms. The summed E-state index contributed by atoms with van der Waals surface area (Å²) in [5, 5.41) is 0. The fourth-order valence-corrected chi connectivity index (χ4v) is 7.07. The Kier molecular flexibility index (Phi) is 9.87. The summed E-state index contributed by atoms with van der Waals surface area (Å²) >= 11 is 0. The van der Waals surface area contributed by atoms with Crippen LogP contribution in [0.25, 0.3) is 0 Å². The Morgan fingerprint density at radius 2 is 1.67 bits per heavy atom. The second kappa shape index (κ2) is 13.6. The number of allylic oxidation sites excluding steroid dienone is 2. The van der Waals surface area contributed by atoms with Crippen molar-refractivity contribution in [3.05, 3.63) is 83.0 Å². The molecule has 9 heteroatoms. The quantitative estimate of drug-likeness (QED) is 0.140. The Bertz CT molecular complexity index is 1450. The van der Waals surface area contributed by atoms with E-state index in [0.717, 1.165) is 29.6 Å². The summed E-state index contributed by atoms with van der Waals surface area (Å²) in [4.78, 5) is 48.5. The monoisotopic (exact) mass is 616 g/mol. The number of hydrogen-bond donors (Lipinski definition) is 0. The summed E-state index contributed by atoms with van der Waals surface area (Å²) in [7, 11) is 0. The second-order valence-corrected chi connectivity index (χ2v) is 13.1. The number of esters is 3. The van der Waals surface area contributed by atoms with E-state index in [4.69, 9.17) is 18.9 Å². The fourth-order valence-electron chi connectivity index (χ4n) is 7.07. The van der Waals surface area contributed by atoms with Crippen molar-refractivity contribution >= 4 is 17.9 Å². The Labute approximate surface area is 265 Å². The Morgan fingerprint density at radius 1 is 1.00 bits per heavy atom. The van der Waals surface area contributed by atoms with Gasteiger partial charge in [0.2, 0.25) is 0 Å². The lowest BCUT2D eigenvalue weighted by molar-refractivity contribution is -0.153. The summed E-state index contributed by atoms with van der Waals surface area (Å²) in [5.74, 6) is -1.74. The maximum Gasteiger partial charge on any atom is 0.340 e. The second-order valence-electron chi connectivity index (χ2n) is 13.1. The van der Waals surface area contributed by atoms with Gasteiger partial charge in [-0.05, 0) is 90.1 Å². The van der Waals surface area contributed by atoms with Crippen LogP contribution in [0.2, 0.25) is 0 Å². The van der Waals surface area contributed by atoms with Crippen LogP contribution < -0.4 is 0 Å². The van der Waals surface area contributed by atoms with Gasteiger partial charge in [0, 0.05) is 43.5 Å². The number of aromatic nitrogens is 2. The van der Waals surface area contributed by atoms with E-state index in [9.17, 15) is 14.4 Å². The first-order chi connectivity index (χ1) is 21.6. The van der Waals surface area contributed by atoms with Crippen molar-refractivity contribution in [2.75, 3.05) is 6.61 Å². The molecule has 5 rings (SSSR count). The lowest BCUT2D eigenvalue weighted by Crippen LogP contribution is -2.50. The van der Waals surface area contributed by atoms with E-state index in [-0.39, 0.29) is 25.1 Å². The molecule has 0 amide bonds. The van der Waals surface area contributed by atoms with Gasteiger partial charge in [-0.2, -0.15) is 0 Å². The van der Waals surface area contributed by atoms with E-state index in [1.54, 1.807) is 36.7 Å². The molecule has 0 spiro atoms. The minimum Gasteiger partial charge on any atom is -0.465 e. The number of carbonyl (C=O) groups is 3. The standard InChI is InChI=1S/C36H44N2O7/c1-6-9-31(39)42-22-36-15-14-27(23(2)3)32(36)28(43-33(40)25-10-7-16-37-20-25)19-35(5)29(45-35)13-12-24(4)18-30(36)44-34(41)26-11-8-17-38-21-26/h7-8,10-11,16-18,20-21,28-30,32H,6,9,12-15,19,22H2,1-5H3/t28-,29-,30+,32-,35+,36+/m1/s1. The summed E-state index contributed by atoms with van der Waals surface area (Å²) in [6.45, 7) is 10.1. The number of hydrogen-bond acceptors (Lipinski definition) is 9. The highest BCUT2D eigenvalue weighted by molar-refractivity contribution is 5.89. The van der Waals surface area contributed by atoms with Crippen LogP contribution in [0, 0.1) is 11.3 Å². The molecule has 2 aromatic rings. The smallest absolute Gasteiger partial charge is 0.340 e. The van der Waals surface area contributed by atoms with Crippen LogP contribution >= 0.6 is 0 Å². The van der Waals surface area contributed by atoms with Crippen molar-refractivity contribution in [1.82, 2.24) is 9.97 Å². The van der Waals surface area contributed by atoms with Crippen molar-refractivity contribution in [2.45, 2.75) is 103 Å². The molecular weight excluding hydrogens is 572 g/mol. The number of nitrogens with zero attached hydrogens (tertiary/aromatic N) is 2. The lowest BCUT2D eigenvalue weighted by Gasteiger charge is -2.43. The number of ether oxygens (including phenoxy) is 4. The van der Waals surface area contributed by atoms with Crippen LogP contribution in [-0.2, 0) is 23.7 Å². The minimum atomic E-state index is -0.917. The average molecular weight is 617 g/mol. The van der Waals surface area contributed by atoms with Gasteiger partial charge in [0.05, 0.1) is 28.2 Å². The average Bonchev–Trinajstić information content (AvgIpc) is 3.50. The van der Waals surface area contributed by atoms with Crippen molar-refractivity contribution in [2.24, 2.45) is 11.3 Å². The third-order valence-electron chi connectivity index (χ3n) is 9.56. The Hall–Kier alpha value is -3.85. The summed E-state index contributed by atoms with van der Waals surface area (Å²) in [6, 6.07) is 6.74. The molecule has 3 aliphatic rings. The fraction of sp³-hybridized carbons (Fsp3) is 0.528. The zero-order chi connectivity index (χ0) is 32.2. The van der Waals surface area contributed by atoms with E-state index in [1.807, 2.05) is 19.9 Å². The highest BCUT2D eigenvalue weighted by atomic mass is 16.6. The zero-order valence-corrected chi connectivity index (χ0v) is 26.9. The van der Waals surface area contributed by atoms with Gasteiger partial charge in [0.15, 0.2) is 0 Å². The van der Waals surface area contributed by atoms with E-state index in [2.05, 4.69) is 30.7 Å². The first-order valence-electron chi connectivity index (χ1n) is 16.0. The lowest BCUT2D eigenvalue weighted by atomic mass is 9.68. The predicted octanol–water partition coefficient (Wildman–Crippen LogP) is 6.59. The highest BCUT2D eigenvalue weighted by Crippen LogP contribution is 2.57. The van der Waals surface area contributed by atoms with E-state index < -0.39 is 41.1 Å². The molecule has 1 aliphatic heterocycles. The molecule has 3 heterocycles. The van der Waals surface area contributed by atoms with Gasteiger partial charge in [-0.25, -0.2) is 9.59 Å². The van der Waals surface area contributed by atoms with E-state index >= 15 is 0 Å². The van der Waals surface area contributed by atoms with Crippen molar-refractivity contribution in [1.29, 1.82) is 0 Å². The van der Waals surface area contributed by atoms with Gasteiger partial charge in [-0.15, -0.1) is 0 Å². The molecule has 240 valence electrons. The Balaban J connectivity index is 1.66. The first kappa shape index (κ1) is 32.5. The molecule has 9 nitrogen and oxygen atoms in total. The van der Waals surface area contributed by atoms with Gasteiger partial charge in [0.1, 0.15) is 18.8 Å². The normalized spacial score (nSPS) is 29.3. The maximum atomic E-state index is 13.7. The van der Waals surface area contributed by atoms with Gasteiger partial charge in [-0.1, -0.05) is 23.6 Å². The molecular formula is C36H44N2O7. The summed E-state index contributed by atoms with van der Waals surface area (Å²) in [6.07, 6.45) is 10.9. The molecule has 0 bridgehead atoms. The predicted molar refractivity (Wildman–Crippen MR) is 167 cm³/mol. The number of pyridine rings is 2. The molecule has 1 saturated carbocycles. The highest BCUT2D eigenvalue weighted by Gasteiger charge is 2.61. The van der Waals surface area contributed by atoms with Gasteiger partial charge >= 0.3 is 17.9 Å². The molecule has 2 aliphatic carbocycles. The molecule has 0 N–H and O–H groups in total. The zero-order valence-electron chi connectivity index (χ0n) is 26.9. The number of epoxide rings is 1. The number of rotatable bonds is 8. The summed E-state index contributed by atoms with van der Waals surface area (Å²) in [5.41, 5.74) is 2.51. The largest absolute Gasteiger partial charge is 0.465 e. The molecule has 6 atom stereocenters. The molecule has 2 aromatic heterocycles. The SMILES string of the molecule is CCCC(=O)OC[C@]12CCC(=C(C)C)[C@@H]1[C@H](OC(=O)c1cccnc1)C[C@]1(C)O[C@@H]1CCC(C)=C[C@@H]2OC(=O)c1cccnc1. The van der Waals surface area contributed by atoms with E-state index in [0.29, 0.717) is 36.8 Å². The molecule has 0 aromatic carbocycles. The third kappa shape index (κ3) is 7.19. The van der Waals surface area contributed by atoms with Crippen LogP contribution in [0.3, 0.4) is 0 Å². The van der Waals surface area contributed by atoms with Crippen LogP contribution in [-0.4, -0.2) is 58.4 Å². The summed E-state index contributed by atoms with van der Waals surface area (Å²) < 4.78 is 25.2. The first-order valence-corrected chi connectivity index (χ1v) is 16.0. The van der Waals surface area contributed by atoms with Crippen LogP contribution in [0.5, 0.6) is 0 Å². The van der Waals surface area contributed by atoms with Crippen molar-refractivity contribution in [3.63, 3.8) is 0 Å². The van der Waals surface area contributed by atoms with Crippen molar-refractivity contribution < 1.29 is 33.3 Å².